The monoisotopic (exact) mass is 457 g/mol. The molecule has 4 nitrogen and oxygen atoms in total. The topological polar surface area (TPSA) is 45.2 Å². The van der Waals surface area contributed by atoms with Gasteiger partial charge in [0.1, 0.15) is 0 Å². The van der Waals surface area contributed by atoms with Gasteiger partial charge in [-0.15, -0.1) is 11.6 Å². The van der Waals surface area contributed by atoms with E-state index < -0.39 is 0 Å². The molecule has 5 heteroatoms. The zero-order chi connectivity index (χ0) is 23.2. The van der Waals surface area contributed by atoms with Crippen LogP contribution in [0.3, 0.4) is 0 Å². The summed E-state index contributed by atoms with van der Waals surface area (Å²) in [6.07, 6.45) is 0. The Balaban J connectivity index is 1.53. The minimum Gasteiger partial charge on any atom is -0.322 e. The maximum atomic E-state index is 12.6. The number of alkyl halides is 1. The number of amides is 1. The Morgan fingerprint density at radius 1 is 0.909 bits per heavy atom. The molecular formula is C28H28ClN3O. The molecule has 0 unspecified atom stereocenters. The SMILES string of the molecule is CCN(CC)Cc1ccc2nc(-c3cccc(NC(=O)c4ccc(CCl)cc4)c3)ccc2c1. The summed E-state index contributed by atoms with van der Waals surface area (Å²) in [5.74, 6) is 0.278. The Kier molecular flexibility index (Phi) is 7.38. The van der Waals surface area contributed by atoms with Crippen LogP contribution in [-0.4, -0.2) is 28.9 Å². The molecule has 0 bridgehead atoms. The highest BCUT2D eigenvalue weighted by Crippen LogP contribution is 2.25. The maximum Gasteiger partial charge on any atom is 0.255 e. The average molecular weight is 458 g/mol. The summed E-state index contributed by atoms with van der Waals surface area (Å²) >= 11 is 5.83. The van der Waals surface area contributed by atoms with Crippen LogP contribution < -0.4 is 5.32 Å². The second-order valence-electron chi connectivity index (χ2n) is 8.05. The van der Waals surface area contributed by atoms with Crippen molar-refractivity contribution in [3.05, 3.63) is 95.6 Å². The molecule has 0 aliphatic heterocycles. The van der Waals surface area contributed by atoms with E-state index in [1.54, 1.807) is 12.1 Å². The Morgan fingerprint density at radius 3 is 2.39 bits per heavy atom. The average Bonchev–Trinajstić information content (AvgIpc) is 2.87. The number of aromatic nitrogens is 1. The highest BCUT2D eigenvalue weighted by molar-refractivity contribution is 6.17. The van der Waals surface area contributed by atoms with Gasteiger partial charge in [-0.1, -0.05) is 50.2 Å². The first kappa shape index (κ1) is 23.0. The number of fused-ring (bicyclic) bond motifs is 1. The molecule has 0 fully saturated rings. The quantitative estimate of drug-likeness (QED) is 0.298. The summed E-state index contributed by atoms with van der Waals surface area (Å²) in [6.45, 7) is 7.40. The molecule has 0 radical (unpaired) electrons. The molecule has 3 aromatic carbocycles. The van der Waals surface area contributed by atoms with Gasteiger partial charge in [-0.05, 0) is 66.7 Å². The first-order chi connectivity index (χ1) is 16.1. The van der Waals surface area contributed by atoms with E-state index in [0.717, 1.165) is 53.0 Å². The van der Waals surface area contributed by atoms with E-state index >= 15 is 0 Å². The van der Waals surface area contributed by atoms with E-state index in [-0.39, 0.29) is 5.91 Å². The van der Waals surface area contributed by atoms with Crippen LogP contribution in [0.2, 0.25) is 0 Å². The Hall–Kier alpha value is -3.21. The molecule has 1 N–H and O–H groups in total. The number of anilines is 1. The highest BCUT2D eigenvalue weighted by Gasteiger charge is 2.09. The fourth-order valence-corrected chi connectivity index (χ4v) is 4.02. The van der Waals surface area contributed by atoms with Crippen LogP contribution in [0.4, 0.5) is 5.69 Å². The summed E-state index contributed by atoms with van der Waals surface area (Å²) in [7, 11) is 0. The lowest BCUT2D eigenvalue weighted by molar-refractivity contribution is 0.102. The van der Waals surface area contributed by atoms with Gasteiger partial charge >= 0.3 is 0 Å². The van der Waals surface area contributed by atoms with E-state index in [4.69, 9.17) is 16.6 Å². The van der Waals surface area contributed by atoms with Crippen molar-refractivity contribution in [1.82, 2.24) is 9.88 Å². The van der Waals surface area contributed by atoms with Crippen LogP contribution in [0.5, 0.6) is 0 Å². The van der Waals surface area contributed by atoms with Gasteiger partial charge in [-0.3, -0.25) is 9.69 Å². The maximum absolute atomic E-state index is 12.6. The number of nitrogens with one attached hydrogen (secondary N) is 1. The number of benzene rings is 3. The summed E-state index contributed by atoms with van der Waals surface area (Å²) in [5.41, 5.74) is 6.40. The third kappa shape index (κ3) is 5.59. The zero-order valence-corrected chi connectivity index (χ0v) is 19.8. The molecular weight excluding hydrogens is 430 g/mol. The Bertz CT molecular complexity index is 1250. The van der Waals surface area contributed by atoms with Gasteiger partial charge < -0.3 is 5.32 Å². The van der Waals surface area contributed by atoms with E-state index in [0.29, 0.717) is 11.4 Å². The molecule has 0 saturated heterocycles. The molecule has 0 aliphatic carbocycles. The van der Waals surface area contributed by atoms with Crippen molar-refractivity contribution in [3.63, 3.8) is 0 Å². The number of halogens is 1. The predicted molar refractivity (Wildman–Crippen MR) is 138 cm³/mol. The first-order valence-corrected chi connectivity index (χ1v) is 11.8. The summed E-state index contributed by atoms with van der Waals surface area (Å²) < 4.78 is 0. The lowest BCUT2D eigenvalue weighted by atomic mass is 10.1. The molecule has 4 rings (SSSR count). The number of rotatable bonds is 8. The second kappa shape index (κ2) is 10.6. The molecule has 0 spiro atoms. The molecule has 33 heavy (non-hydrogen) atoms. The fourth-order valence-electron chi connectivity index (χ4n) is 3.84. The molecule has 168 valence electrons. The fraction of sp³-hybridized carbons (Fsp3) is 0.214. The van der Waals surface area contributed by atoms with E-state index in [2.05, 4.69) is 48.3 Å². The van der Waals surface area contributed by atoms with Gasteiger partial charge in [0.25, 0.3) is 5.91 Å². The molecule has 0 saturated carbocycles. The summed E-state index contributed by atoms with van der Waals surface area (Å²) in [5, 5.41) is 4.11. The number of pyridine rings is 1. The van der Waals surface area contributed by atoms with Crippen molar-refractivity contribution in [3.8, 4) is 11.3 Å². The predicted octanol–water partition coefficient (Wildman–Crippen LogP) is 6.73. The number of nitrogens with zero attached hydrogens (tertiary/aromatic N) is 2. The Labute approximate surface area is 200 Å². The normalized spacial score (nSPS) is 11.2. The van der Waals surface area contributed by atoms with Crippen LogP contribution in [0, 0.1) is 0 Å². The van der Waals surface area contributed by atoms with Crippen molar-refractivity contribution in [2.24, 2.45) is 0 Å². The van der Waals surface area contributed by atoms with Gasteiger partial charge in [0.15, 0.2) is 0 Å². The largest absolute Gasteiger partial charge is 0.322 e. The lowest BCUT2D eigenvalue weighted by Crippen LogP contribution is -2.21. The van der Waals surface area contributed by atoms with E-state index in [1.807, 2.05) is 42.5 Å². The van der Waals surface area contributed by atoms with E-state index in [1.165, 1.54) is 5.56 Å². The van der Waals surface area contributed by atoms with Crippen LogP contribution >= 0.6 is 11.6 Å². The number of carbonyl (C=O) groups excluding carboxylic acids is 1. The van der Waals surface area contributed by atoms with Gasteiger partial charge in [-0.2, -0.15) is 0 Å². The van der Waals surface area contributed by atoms with Crippen molar-refractivity contribution in [2.45, 2.75) is 26.3 Å². The van der Waals surface area contributed by atoms with Crippen molar-refractivity contribution >= 4 is 34.1 Å². The minimum atomic E-state index is -0.152. The van der Waals surface area contributed by atoms with Gasteiger partial charge in [-0.25, -0.2) is 4.98 Å². The first-order valence-electron chi connectivity index (χ1n) is 11.3. The standard InChI is InChI=1S/C28H28ClN3O/c1-3-32(4-2)19-21-10-14-26-24(16-21)13-15-27(31-26)23-6-5-7-25(17-23)30-28(33)22-11-8-20(18-29)9-12-22/h5-17H,3-4,18-19H2,1-2H3,(H,30,33). The molecule has 0 atom stereocenters. The van der Waals surface area contributed by atoms with Crippen LogP contribution in [-0.2, 0) is 12.4 Å². The Morgan fingerprint density at radius 2 is 1.67 bits per heavy atom. The van der Waals surface area contributed by atoms with Crippen molar-refractivity contribution in [1.29, 1.82) is 0 Å². The van der Waals surface area contributed by atoms with Crippen LogP contribution in [0.1, 0.15) is 35.3 Å². The summed E-state index contributed by atoms with van der Waals surface area (Å²) in [4.78, 5) is 19.9. The lowest BCUT2D eigenvalue weighted by Gasteiger charge is -2.18. The van der Waals surface area contributed by atoms with Gasteiger partial charge in [0, 0.05) is 34.6 Å². The molecule has 4 aromatic rings. The van der Waals surface area contributed by atoms with Crippen LogP contribution in [0.15, 0.2) is 78.9 Å². The van der Waals surface area contributed by atoms with Gasteiger partial charge in [0.05, 0.1) is 11.2 Å². The molecule has 1 aromatic heterocycles. The van der Waals surface area contributed by atoms with Crippen molar-refractivity contribution < 1.29 is 4.79 Å². The molecule has 1 amide bonds. The van der Waals surface area contributed by atoms with E-state index in [9.17, 15) is 4.79 Å². The number of hydrogen-bond donors (Lipinski definition) is 1. The molecule has 0 aliphatic rings. The smallest absolute Gasteiger partial charge is 0.255 e. The number of carbonyl (C=O) groups is 1. The van der Waals surface area contributed by atoms with Gasteiger partial charge in [0.2, 0.25) is 0 Å². The summed E-state index contributed by atoms with van der Waals surface area (Å²) in [6, 6.07) is 25.7. The van der Waals surface area contributed by atoms with Crippen molar-refractivity contribution in [2.75, 3.05) is 18.4 Å². The highest BCUT2D eigenvalue weighted by atomic mass is 35.5. The zero-order valence-electron chi connectivity index (χ0n) is 19.0. The minimum absolute atomic E-state index is 0.152. The second-order valence-corrected chi connectivity index (χ2v) is 8.32. The molecule has 1 heterocycles. The number of hydrogen-bond acceptors (Lipinski definition) is 3. The third-order valence-corrected chi connectivity index (χ3v) is 6.15. The third-order valence-electron chi connectivity index (χ3n) is 5.84. The van der Waals surface area contributed by atoms with Crippen LogP contribution in [0.25, 0.3) is 22.2 Å².